The standard InChI is InChI=1S/C32H40ClN3O2/c1-2-34-15-6-7-22(21-34)14-16-35-17-18-36-29-19-24(32(37)38)10-12-26(29)30(23-8-4-3-5-9-23)31(36)27-13-11-25(33)20-28(27)35/h10-13,19-20,22-23H,2-9,14-18,21H2,1H3,(H,37,38). The SMILES string of the molecule is CCN1CCCC(CCN2CCn3c(c(C4CCCCC4)c4ccc(C(=O)O)cc43)-c3ccc(Cl)cc32)C1. The summed E-state index contributed by atoms with van der Waals surface area (Å²) in [5, 5.41) is 11.8. The molecular weight excluding hydrogens is 494 g/mol. The summed E-state index contributed by atoms with van der Waals surface area (Å²) in [6, 6.07) is 12.2. The molecule has 1 N–H and O–H groups in total. The fraction of sp³-hybridized carbons (Fsp3) is 0.531. The van der Waals surface area contributed by atoms with Crippen LogP contribution in [0.25, 0.3) is 22.2 Å². The van der Waals surface area contributed by atoms with Crippen molar-refractivity contribution < 1.29 is 9.90 Å². The number of nitrogens with zero attached hydrogens (tertiary/aromatic N) is 3. The minimum absolute atomic E-state index is 0.364. The molecule has 0 radical (unpaired) electrons. The number of anilines is 1. The van der Waals surface area contributed by atoms with Gasteiger partial charge in [-0.1, -0.05) is 43.9 Å². The van der Waals surface area contributed by atoms with Crippen LogP contribution in [0.4, 0.5) is 5.69 Å². The number of piperidine rings is 1. The van der Waals surface area contributed by atoms with Gasteiger partial charge in [0.05, 0.1) is 11.3 Å². The number of aromatic nitrogens is 1. The largest absolute Gasteiger partial charge is 0.478 e. The number of carboxylic acid groups (broad SMARTS) is 1. The summed E-state index contributed by atoms with van der Waals surface area (Å²) in [6.45, 7) is 8.63. The third-order valence-corrected chi connectivity index (χ3v) is 9.61. The van der Waals surface area contributed by atoms with Gasteiger partial charge in [0, 0.05) is 53.4 Å². The maximum absolute atomic E-state index is 11.9. The minimum atomic E-state index is -0.863. The van der Waals surface area contributed by atoms with Crippen LogP contribution in [-0.2, 0) is 6.54 Å². The summed E-state index contributed by atoms with van der Waals surface area (Å²) in [5.74, 6) is 0.387. The topological polar surface area (TPSA) is 48.7 Å². The fourth-order valence-corrected chi connectivity index (χ4v) is 7.56. The first-order valence-electron chi connectivity index (χ1n) is 14.7. The van der Waals surface area contributed by atoms with E-state index in [0.29, 0.717) is 11.5 Å². The van der Waals surface area contributed by atoms with Crippen molar-refractivity contribution in [2.45, 2.75) is 70.8 Å². The highest BCUT2D eigenvalue weighted by atomic mass is 35.5. The quantitative estimate of drug-likeness (QED) is 0.353. The molecule has 5 nitrogen and oxygen atoms in total. The molecule has 0 spiro atoms. The summed E-state index contributed by atoms with van der Waals surface area (Å²) in [6.07, 6.45) is 10.1. The van der Waals surface area contributed by atoms with Crippen molar-refractivity contribution >= 4 is 34.2 Å². The Bertz CT molecular complexity index is 1330. The zero-order valence-electron chi connectivity index (χ0n) is 22.6. The highest BCUT2D eigenvalue weighted by Crippen LogP contribution is 2.48. The molecule has 1 atom stereocenters. The zero-order chi connectivity index (χ0) is 26.2. The fourth-order valence-electron chi connectivity index (χ4n) is 7.39. The van der Waals surface area contributed by atoms with E-state index in [1.165, 1.54) is 92.4 Å². The number of likely N-dealkylation sites (tertiary alicyclic amines) is 1. The number of fused-ring (bicyclic) bond motifs is 5. The molecule has 202 valence electrons. The van der Waals surface area contributed by atoms with Crippen LogP contribution >= 0.6 is 11.6 Å². The van der Waals surface area contributed by atoms with Crippen LogP contribution in [0.3, 0.4) is 0 Å². The molecule has 2 aromatic carbocycles. The van der Waals surface area contributed by atoms with E-state index in [2.05, 4.69) is 39.5 Å². The van der Waals surface area contributed by atoms with Crippen molar-refractivity contribution in [1.82, 2.24) is 9.47 Å². The third kappa shape index (κ3) is 4.84. The van der Waals surface area contributed by atoms with Crippen LogP contribution in [0.2, 0.25) is 5.02 Å². The van der Waals surface area contributed by atoms with Crippen LogP contribution in [0.5, 0.6) is 0 Å². The summed E-state index contributed by atoms with van der Waals surface area (Å²) in [4.78, 5) is 17.1. The van der Waals surface area contributed by atoms with Crippen LogP contribution in [-0.4, -0.2) is 53.3 Å². The molecular formula is C32H40ClN3O2. The molecule has 0 amide bonds. The third-order valence-electron chi connectivity index (χ3n) is 9.37. The van der Waals surface area contributed by atoms with Crippen molar-refractivity contribution in [3.05, 3.63) is 52.5 Å². The van der Waals surface area contributed by atoms with Gasteiger partial charge in [0.2, 0.25) is 0 Å². The van der Waals surface area contributed by atoms with E-state index in [1.54, 1.807) is 6.07 Å². The molecule has 1 aromatic heterocycles. The highest BCUT2D eigenvalue weighted by Gasteiger charge is 2.31. The van der Waals surface area contributed by atoms with Crippen molar-refractivity contribution in [2.24, 2.45) is 5.92 Å². The van der Waals surface area contributed by atoms with Crippen LogP contribution < -0.4 is 4.90 Å². The number of carbonyl (C=O) groups is 1. The molecule has 38 heavy (non-hydrogen) atoms. The molecule has 1 saturated carbocycles. The Hall–Kier alpha value is -2.50. The van der Waals surface area contributed by atoms with E-state index < -0.39 is 5.97 Å². The first-order chi connectivity index (χ1) is 18.5. The molecule has 2 aliphatic heterocycles. The van der Waals surface area contributed by atoms with Gasteiger partial charge in [-0.25, -0.2) is 4.79 Å². The number of rotatable bonds is 6. The Balaban J connectivity index is 1.43. The number of halogens is 1. The molecule has 3 heterocycles. The van der Waals surface area contributed by atoms with Gasteiger partial charge in [-0.15, -0.1) is 0 Å². The van der Waals surface area contributed by atoms with Crippen molar-refractivity contribution in [1.29, 1.82) is 0 Å². The maximum atomic E-state index is 11.9. The number of aromatic carboxylic acids is 1. The number of hydrogen-bond acceptors (Lipinski definition) is 3. The first-order valence-corrected chi connectivity index (χ1v) is 15.1. The van der Waals surface area contributed by atoms with E-state index in [-0.39, 0.29) is 0 Å². The molecule has 6 rings (SSSR count). The number of hydrogen-bond donors (Lipinski definition) is 1. The normalized spacial score (nSPS) is 20.8. The molecule has 0 bridgehead atoms. The molecule has 2 fully saturated rings. The molecule has 1 saturated heterocycles. The molecule has 6 heteroatoms. The van der Waals surface area contributed by atoms with E-state index in [1.807, 2.05) is 12.1 Å². The van der Waals surface area contributed by atoms with Gasteiger partial charge in [-0.05, 0) is 92.9 Å². The Kier molecular flexibility index (Phi) is 7.41. The van der Waals surface area contributed by atoms with Crippen LogP contribution in [0, 0.1) is 5.92 Å². The van der Waals surface area contributed by atoms with Gasteiger partial charge in [0.15, 0.2) is 0 Å². The summed E-state index contributed by atoms with van der Waals surface area (Å²) in [5.41, 5.74) is 6.63. The second-order valence-corrected chi connectivity index (χ2v) is 12.1. The van der Waals surface area contributed by atoms with E-state index in [0.717, 1.165) is 42.6 Å². The second-order valence-electron chi connectivity index (χ2n) is 11.6. The summed E-state index contributed by atoms with van der Waals surface area (Å²) < 4.78 is 2.43. The Labute approximate surface area is 231 Å². The number of benzene rings is 2. The van der Waals surface area contributed by atoms with Gasteiger partial charge < -0.3 is 19.5 Å². The lowest BCUT2D eigenvalue weighted by Crippen LogP contribution is -2.37. The van der Waals surface area contributed by atoms with Gasteiger partial charge in [-0.3, -0.25) is 0 Å². The van der Waals surface area contributed by atoms with Crippen LogP contribution in [0.15, 0.2) is 36.4 Å². The summed E-state index contributed by atoms with van der Waals surface area (Å²) in [7, 11) is 0. The average Bonchev–Trinajstić information content (AvgIpc) is 3.18. The predicted octanol–water partition coefficient (Wildman–Crippen LogP) is 7.65. The van der Waals surface area contributed by atoms with Gasteiger partial charge in [-0.2, -0.15) is 0 Å². The maximum Gasteiger partial charge on any atom is 0.335 e. The lowest BCUT2D eigenvalue weighted by atomic mass is 9.81. The van der Waals surface area contributed by atoms with E-state index in [9.17, 15) is 9.90 Å². The average molecular weight is 534 g/mol. The van der Waals surface area contributed by atoms with Crippen molar-refractivity contribution in [3.63, 3.8) is 0 Å². The van der Waals surface area contributed by atoms with E-state index >= 15 is 0 Å². The molecule has 1 unspecified atom stereocenters. The van der Waals surface area contributed by atoms with Crippen molar-refractivity contribution in [2.75, 3.05) is 37.6 Å². The monoisotopic (exact) mass is 533 g/mol. The van der Waals surface area contributed by atoms with E-state index in [4.69, 9.17) is 11.6 Å². The Morgan fingerprint density at radius 3 is 2.63 bits per heavy atom. The zero-order valence-corrected chi connectivity index (χ0v) is 23.3. The Morgan fingerprint density at radius 2 is 1.84 bits per heavy atom. The van der Waals surface area contributed by atoms with Crippen molar-refractivity contribution in [3.8, 4) is 11.3 Å². The lowest BCUT2D eigenvalue weighted by Gasteiger charge is -2.34. The van der Waals surface area contributed by atoms with Crippen LogP contribution in [0.1, 0.15) is 80.1 Å². The predicted molar refractivity (Wildman–Crippen MR) is 157 cm³/mol. The minimum Gasteiger partial charge on any atom is -0.478 e. The molecule has 3 aliphatic rings. The smallest absolute Gasteiger partial charge is 0.335 e. The highest BCUT2D eigenvalue weighted by molar-refractivity contribution is 6.31. The summed E-state index contributed by atoms with van der Waals surface area (Å²) >= 11 is 6.63. The molecule has 3 aromatic rings. The van der Waals surface area contributed by atoms with Gasteiger partial charge >= 0.3 is 5.97 Å². The first kappa shape index (κ1) is 25.8. The van der Waals surface area contributed by atoms with Gasteiger partial charge in [0.1, 0.15) is 0 Å². The molecule has 1 aliphatic carbocycles. The van der Waals surface area contributed by atoms with Gasteiger partial charge in [0.25, 0.3) is 0 Å². The lowest BCUT2D eigenvalue weighted by molar-refractivity contribution is 0.0697. The second kappa shape index (κ2) is 10.9. The number of carboxylic acids is 1. The Morgan fingerprint density at radius 1 is 1.00 bits per heavy atom.